The molecule has 2 heterocycles. The van der Waals surface area contributed by atoms with Gasteiger partial charge in [0.1, 0.15) is 4.90 Å². The fourth-order valence-electron chi connectivity index (χ4n) is 2.00. The molecule has 0 aliphatic carbocycles. The van der Waals surface area contributed by atoms with Gasteiger partial charge < -0.3 is 0 Å². The van der Waals surface area contributed by atoms with Crippen LogP contribution < -0.4 is 4.72 Å². The van der Waals surface area contributed by atoms with Crippen molar-refractivity contribution in [3.8, 4) is 0 Å². The number of hydrogen-bond donors (Lipinski definition) is 1. The molecule has 2 aromatic heterocycles. The number of rotatable bonds is 6. The zero-order chi connectivity index (χ0) is 15.6. The lowest BCUT2D eigenvalue weighted by atomic mass is 10.4. The lowest BCUT2D eigenvalue weighted by molar-refractivity contribution is 0.546. The first-order valence-electron chi connectivity index (χ1n) is 6.49. The van der Waals surface area contributed by atoms with E-state index in [1.165, 1.54) is 10.9 Å². The van der Waals surface area contributed by atoms with E-state index in [2.05, 4.69) is 14.9 Å². The third kappa shape index (κ3) is 3.63. The molecule has 0 aromatic carbocycles. The molecule has 0 saturated heterocycles. The number of aromatic nitrogens is 4. The van der Waals surface area contributed by atoms with Crippen LogP contribution in [0, 0.1) is 13.8 Å². The van der Waals surface area contributed by atoms with Crippen molar-refractivity contribution in [2.24, 2.45) is 7.05 Å². The number of nitrogens with zero attached hydrogens (tertiary/aromatic N) is 4. The van der Waals surface area contributed by atoms with Gasteiger partial charge in [0.05, 0.1) is 22.6 Å². The van der Waals surface area contributed by atoms with Gasteiger partial charge >= 0.3 is 0 Å². The van der Waals surface area contributed by atoms with Crippen molar-refractivity contribution in [3.63, 3.8) is 0 Å². The average Bonchev–Trinajstić information content (AvgIpc) is 2.91. The Balaban J connectivity index is 1.91. The molecule has 0 spiro atoms. The molecule has 1 N–H and O–H groups in total. The summed E-state index contributed by atoms with van der Waals surface area (Å²) in [6.45, 7) is 4.48. The number of sulfonamides is 1. The third-order valence-corrected chi connectivity index (χ3v) is 5.08. The van der Waals surface area contributed by atoms with Gasteiger partial charge in [0.15, 0.2) is 0 Å². The molecule has 2 rings (SSSR count). The van der Waals surface area contributed by atoms with E-state index in [-0.39, 0.29) is 4.90 Å². The summed E-state index contributed by atoms with van der Waals surface area (Å²) in [5.74, 6) is 0. The molecule has 9 heteroatoms. The van der Waals surface area contributed by atoms with Crippen molar-refractivity contribution in [2.75, 3.05) is 6.54 Å². The summed E-state index contributed by atoms with van der Waals surface area (Å²) >= 11 is 5.91. The van der Waals surface area contributed by atoms with Gasteiger partial charge in [-0.05, 0) is 20.3 Å². The maximum atomic E-state index is 12.1. The van der Waals surface area contributed by atoms with Gasteiger partial charge in [-0.1, -0.05) is 11.6 Å². The molecule has 0 amide bonds. The largest absolute Gasteiger partial charge is 0.274 e. The second-order valence-corrected chi connectivity index (χ2v) is 6.95. The normalized spacial score (nSPS) is 12.0. The van der Waals surface area contributed by atoms with Crippen LogP contribution in [0.4, 0.5) is 0 Å². The highest BCUT2D eigenvalue weighted by Crippen LogP contribution is 2.14. The zero-order valence-corrected chi connectivity index (χ0v) is 13.7. The summed E-state index contributed by atoms with van der Waals surface area (Å²) in [7, 11) is -1.83. The van der Waals surface area contributed by atoms with E-state index in [0.717, 1.165) is 5.69 Å². The van der Waals surface area contributed by atoms with Crippen LogP contribution in [0.25, 0.3) is 0 Å². The smallest absolute Gasteiger partial charge is 0.243 e. The number of halogens is 1. The van der Waals surface area contributed by atoms with Gasteiger partial charge in [-0.2, -0.15) is 10.2 Å². The minimum absolute atomic E-state index is 0.211. The van der Waals surface area contributed by atoms with Crippen LogP contribution in [0.2, 0.25) is 5.02 Å². The van der Waals surface area contributed by atoms with E-state index in [0.29, 0.717) is 30.2 Å². The van der Waals surface area contributed by atoms with Crippen LogP contribution in [0.3, 0.4) is 0 Å². The minimum Gasteiger partial charge on any atom is -0.274 e. The van der Waals surface area contributed by atoms with Crippen molar-refractivity contribution in [1.29, 1.82) is 0 Å². The van der Waals surface area contributed by atoms with Crippen LogP contribution >= 0.6 is 11.6 Å². The van der Waals surface area contributed by atoms with Crippen LogP contribution in [-0.2, 0) is 23.6 Å². The lowest BCUT2D eigenvalue weighted by Crippen LogP contribution is -2.26. The molecule has 21 heavy (non-hydrogen) atoms. The summed E-state index contributed by atoms with van der Waals surface area (Å²) in [6, 6.07) is 0. The molecule has 0 bridgehead atoms. The van der Waals surface area contributed by atoms with Crippen LogP contribution in [0.5, 0.6) is 0 Å². The maximum Gasteiger partial charge on any atom is 0.243 e. The molecule has 0 aliphatic heterocycles. The van der Waals surface area contributed by atoms with E-state index in [1.807, 2.05) is 6.92 Å². The molecule has 2 aromatic rings. The predicted molar refractivity (Wildman–Crippen MR) is 79.7 cm³/mol. The van der Waals surface area contributed by atoms with Gasteiger partial charge in [0.25, 0.3) is 0 Å². The van der Waals surface area contributed by atoms with E-state index in [9.17, 15) is 8.42 Å². The molecular weight excluding hydrogens is 314 g/mol. The Bertz CT molecular complexity index is 735. The first-order chi connectivity index (χ1) is 9.81. The van der Waals surface area contributed by atoms with Gasteiger partial charge in [-0.3, -0.25) is 9.36 Å². The Morgan fingerprint density at radius 1 is 1.38 bits per heavy atom. The SMILES string of the molecule is Cc1nn(C)cc1S(=O)(=O)NCCCn1ncc(Cl)c1C. The van der Waals surface area contributed by atoms with Crippen molar-refractivity contribution < 1.29 is 8.42 Å². The molecule has 7 nitrogen and oxygen atoms in total. The monoisotopic (exact) mass is 331 g/mol. The second-order valence-electron chi connectivity index (χ2n) is 4.80. The Morgan fingerprint density at radius 3 is 2.62 bits per heavy atom. The van der Waals surface area contributed by atoms with E-state index < -0.39 is 10.0 Å². The van der Waals surface area contributed by atoms with Gasteiger partial charge in [-0.25, -0.2) is 13.1 Å². The molecule has 0 saturated carbocycles. The first kappa shape index (κ1) is 16.0. The van der Waals surface area contributed by atoms with Crippen molar-refractivity contribution in [2.45, 2.75) is 31.7 Å². The Morgan fingerprint density at radius 2 is 2.10 bits per heavy atom. The molecule has 0 unspecified atom stereocenters. The summed E-state index contributed by atoms with van der Waals surface area (Å²) in [6.07, 6.45) is 3.70. The number of nitrogens with one attached hydrogen (secondary N) is 1. The van der Waals surface area contributed by atoms with E-state index in [4.69, 9.17) is 11.6 Å². The molecular formula is C12H18ClN5O2S. The molecule has 0 aliphatic rings. The number of hydrogen-bond acceptors (Lipinski definition) is 4. The fourth-order valence-corrected chi connectivity index (χ4v) is 3.43. The first-order valence-corrected chi connectivity index (χ1v) is 8.35. The van der Waals surface area contributed by atoms with Crippen molar-refractivity contribution in [3.05, 3.63) is 28.8 Å². The topological polar surface area (TPSA) is 81.8 Å². The van der Waals surface area contributed by atoms with Gasteiger partial charge in [0.2, 0.25) is 10.0 Å². The quantitative estimate of drug-likeness (QED) is 0.808. The lowest BCUT2D eigenvalue weighted by Gasteiger charge is -2.07. The highest BCUT2D eigenvalue weighted by Gasteiger charge is 2.19. The Kier molecular flexibility index (Phi) is 4.70. The van der Waals surface area contributed by atoms with Crippen LogP contribution in [-0.4, -0.2) is 34.5 Å². The van der Waals surface area contributed by atoms with E-state index >= 15 is 0 Å². The standard InChI is InChI=1S/C12H18ClN5O2S/c1-9-12(8-17(3)16-9)21(19,20)15-5-4-6-18-10(2)11(13)7-14-18/h7-8,15H,4-6H2,1-3H3. The second kappa shape index (κ2) is 6.17. The maximum absolute atomic E-state index is 12.1. The molecule has 116 valence electrons. The van der Waals surface area contributed by atoms with Crippen molar-refractivity contribution >= 4 is 21.6 Å². The molecule has 0 radical (unpaired) electrons. The van der Waals surface area contributed by atoms with Crippen LogP contribution in [0.1, 0.15) is 17.8 Å². The Hall–Kier alpha value is -1.38. The fraction of sp³-hybridized carbons (Fsp3) is 0.500. The summed E-state index contributed by atoms with van der Waals surface area (Å²) < 4.78 is 30.1. The highest BCUT2D eigenvalue weighted by molar-refractivity contribution is 7.89. The summed E-state index contributed by atoms with van der Waals surface area (Å²) in [4.78, 5) is 0.211. The van der Waals surface area contributed by atoms with Crippen LogP contribution in [0.15, 0.2) is 17.3 Å². The zero-order valence-electron chi connectivity index (χ0n) is 12.2. The predicted octanol–water partition coefficient (Wildman–Crippen LogP) is 1.26. The third-order valence-electron chi connectivity index (χ3n) is 3.14. The Labute approximate surface area is 129 Å². The van der Waals surface area contributed by atoms with Gasteiger partial charge in [-0.15, -0.1) is 0 Å². The molecule has 0 atom stereocenters. The summed E-state index contributed by atoms with van der Waals surface area (Å²) in [5.41, 5.74) is 1.36. The van der Waals surface area contributed by atoms with E-state index in [1.54, 1.807) is 24.9 Å². The van der Waals surface area contributed by atoms with Crippen molar-refractivity contribution in [1.82, 2.24) is 24.3 Å². The molecule has 0 fully saturated rings. The summed E-state index contributed by atoms with van der Waals surface area (Å²) in [5, 5.41) is 8.77. The minimum atomic E-state index is -3.52. The number of aryl methyl sites for hydroxylation is 3. The average molecular weight is 332 g/mol. The van der Waals surface area contributed by atoms with Gasteiger partial charge in [0, 0.05) is 26.3 Å². The highest BCUT2D eigenvalue weighted by atomic mass is 35.5.